The molecule has 5 nitrogen and oxygen atoms in total. The molecule has 0 aromatic carbocycles. The van der Waals surface area contributed by atoms with Crippen LogP contribution in [0.15, 0.2) is 0 Å². The van der Waals surface area contributed by atoms with E-state index in [1.807, 2.05) is 0 Å². The largest absolute Gasteiger partial charge is 0.429 e. The predicted octanol–water partition coefficient (Wildman–Crippen LogP) is 0.563. The van der Waals surface area contributed by atoms with Gasteiger partial charge in [0, 0.05) is 0 Å². The molecule has 0 saturated heterocycles. The minimum absolute atomic E-state index is 0.251. The first kappa shape index (κ1) is 9.74. The Morgan fingerprint density at radius 2 is 1.91 bits per heavy atom. The molecule has 63 valence electrons. The average Bonchev–Trinajstić information content (AvgIpc) is 1.86. The molecule has 0 aliphatic rings. The zero-order chi connectivity index (χ0) is 8.85. The van der Waals surface area contributed by atoms with Crippen molar-refractivity contribution in [3.05, 3.63) is 0 Å². The summed E-state index contributed by atoms with van der Waals surface area (Å²) >= 11 is 0. The van der Waals surface area contributed by atoms with Crippen LogP contribution >= 0.6 is 0 Å². The molecule has 0 atom stereocenters. The van der Waals surface area contributed by atoms with Crippen molar-refractivity contribution in [3.8, 4) is 0 Å². The quantitative estimate of drug-likeness (QED) is 0.446. The molecule has 0 heterocycles. The molecule has 0 aliphatic carbocycles. The first-order valence-electron chi connectivity index (χ1n) is 3.09. The molecule has 0 rings (SSSR count). The van der Waals surface area contributed by atoms with Crippen LogP contribution in [0.4, 0.5) is 4.79 Å². The Balaban J connectivity index is 3.39. The Kier molecular flexibility index (Phi) is 4.02. The molecule has 0 aromatic rings. The van der Waals surface area contributed by atoms with E-state index in [0.717, 1.165) is 0 Å². The second-order valence-electron chi connectivity index (χ2n) is 2.17. The summed E-state index contributed by atoms with van der Waals surface area (Å²) in [6, 6.07) is 0. The predicted molar refractivity (Wildman–Crippen MR) is 35.4 cm³/mol. The van der Waals surface area contributed by atoms with Gasteiger partial charge in [-0.3, -0.25) is 4.79 Å². The molecule has 0 saturated carbocycles. The van der Waals surface area contributed by atoms with Gasteiger partial charge in [0.25, 0.3) is 0 Å². The Hall–Kier alpha value is -1.26. The van der Waals surface area contributed by atoms with Crippen LogP contribution in [0.5, 0.6) is 0 Å². The van der Waals surface area contributed by atoms with Gasteiger partial charge >= 0.3 is 12.1 Å². The molecule has 11 heavy (non-hydrogen) atoms. The van der Waals surface area contributed by atoms with Crippen molar-refractivity contribution in [3.63, 3.8) is 0 Å². The number of ether oxygens (including phenoxy) is 2. The fourth-order valence-corrected chi connectivity index (χ4v) is 0.308. The van der Waals surface area contributed by atoms with Crippen LogP contribution in [-0.4, -0.2) is 18.9 Å². The highest BCUT2D eigenvalue weighted by atomic mass is 16.7. The van der Waals surface area contributed by atoms with Gasteiger partial charge in [0.05, 0.1) is 5.92 Å². The van der Waals surface area contributed by atoms with E-state index in [0.29, 0.717) is 0 Å². The highest BCUT2D eigenvalue weighted by Crippen LogP contribution is 1.95. The number of rotatable bonds is 3. The van der Waals surface area contributed by atoms with Gasteiger partial charge in [-0.1, -0.05) is 13.8 Å². The molecular formula is C6H10NO4. The monoisotopic (exact) mass is 160 g/mol. The van der Waals surface area contributed by atoms with Crippen LogP contribution in [0.2, 0.25) is 0 Å². The van der Waals surface area contributed by atoms with Gasteiger partial charge in [-0.05, 0) is 0 Å². The molecular weight excluding hydrogens is 150 g/mol. The van der Waals surface area contributed by atoms with Crippen molar-refractivity contribution < 1.29 is 19.1 Å². The summed E-state index contributed by atoms with van der Waals surface area (Å²) in [5.74, 6) is -0.703. The second-order valence-corrected chi connectivity index (χ2v) is 2.17. The number of esters is 1. The molecule has 1 radical (unpaired) electrons. The summed E-state index contributed by atoms with van der Waals surface area (Å²) in [5.41, 5.74) is 6.28. The van der Waals surface area contributed by atoms with Crippen LogP contribution in [0.1, 0.15) is 13.8 Å². The van der Waals surface area contributed by atoms with Gasteiger partial charge in [-0.15, -0.1) is 0 Å². The fraction of sp³-hybridized carbons (Fsp3) is 0.667. The lowest BCUT2D eigenvalue weighted by Gasteiger charge is -2.05. The van der Waals surface area contributed by atoms with E-state index in [9.17, 15) is 9.59 Å². The van der Waals surface area contributed by atoms with Crippen molar-refractivity contribution in [1.82, 2.24) is 5.73 Å². The van der Waals surface area contributed by atoms with Crippen molar-refractivity contribution in [2.45, 2.75) is 13.8 Å². The van der Waals surface area contributed by atoms with Crippen LogP contribution < -0.4 is 5.73 Å². The number of hydrogen-bond acceptors (Lipinski definition) is 4. The average molecular weight is 160 g/mol. The van der Waals surface area contributed by atoms with E-state index >= 15 is 0 Å². The molecule has 0 bridgehead atoms. The Morgan fingerprint density at radius 3 is 2.27 bits per heavy atom. The zero-order valence-corrected chi connectivity index (χ0v) is 6.42. The van der Waals surface area contributed by atoms with Gasteiger partial charge in [0.1, 0.15) is 0 Å². The minimum atomic E-state index is -1.21. The molecule has 1 N–H and O–H groups in total. The molecule has 0 aliphatic heterocycles. The van der Waals surface area contributed by atoms with Crippen LogP contribution in [-0.2, 0) is 14.3 Å². The SMILES string of the molecule is CC(C)C(=O)OCOC([NH])=O. The molecule has 1 amide bonds. The number of carbonyl (C=O) groups is 2. The maximum Gasteiger partial charge on any atom is 0.429 e. The highest BCUT2D eigenvalue weighted by Gasteiger charge is 2.08. The molecule has 0 fully saturated rings. The molecule has 5 heteroatoms. The van der Waals surface area contributed by atoms with Crippen molar-refractivity contribution in [1.29, 1.82) is 0 Å². The summed E-state index contributed by atoms with van der Waals surface area (Å²) in [6.07, 6.45) is -1.21. The highest BCUT2D eigenvalue weighted by molar-refractivity contribution is 5.71. The number of nitrogens with one attached hydrogen (secondary N) is 1. The summed E-state index contributed by atoms with van der Waals surface area (Å²) in [4.78, 5) is 20.5. The smallest absolute Gasteiger partial charge is 0.428 e. The second kappa shape index (κ2) is 4.54. The van der Waals surface area contributed by atoms with Crippen LogP contribution in [0.25, 0.3) is 0 Å². The third kappa shape index (κ3) is 5.20. The molecule has 0 aromatic heterocycles. The van der Waals surface area contributed by atoms with Crippen molar-refractivity contribution in [2.24, 2.45) is 5.92 Å². The van der Waals surface area contributed by atoms with E-state index < -0.39 is 18.9 Å². The summed E-state index contributed by atoms with van der Waals surface area (Å²) in [6.45, 7) is 2.84. The number of hydrogen-bond donors (Lipinski definition) is 0. The fourth-order valence-electron chi connectivity index (χ4n) is 0.308. The first-order chi connectivity index (χ1) is 5.04. The van der Waals surface area contributed by atoms with Gasteiger partial charge < -0.3 is 9.47 Å². The topological polar surface area (TPSA) is 76.4 Å². The zero-order valence-electron chi connectivity index (χ0n) is 6.42. The third-order valence-corrected chi connectivity index (χ3v) is 0.863. The summed E-state index contributed by atoms with van der Waals surface area (Å²) in [5, 5.41) is 0. The Morgan fingerprint density at radius 1 is 1.36 bits per heavy atom. The minimum Gasteiger partial charge on any atom is -0.428 e. The molecule has 0 spiro atoms. The van der Waals surface area contributed by atoms with E-state index in [1.54, 1.807) is 13.8 Å². The van der Waals surface area contributed by atoms with E-state index in [2.05, 4.69) is 9.47 Å². The van der Waals surface area contributed by atoms with E-state index in [-0.39, 0.29) is 5.92 Å². The Labute approximate surface area is 64.5 Å². The van der Waals surface area contributed by atoms with Crippen LogP contribution in [0.3, 0.4) is 0 Å². The Bertz CT molecular complexity index is 155. The van der Waals surface area contributed by atoms with Gasteiger partial charge in [0.15, 0.2) is 0 Å². The summed E-state index contributed by atoms with van der Waals surface area (Å²) in [7, 11) is 0. The van der Waals surface area contributed by atoms with Gasteiger partial charge in [0.2, 0.25) is 6.79 Å². The van der Waals surface area contributed by atoms with Crippen molar-refractivity contribution >= 4 is 12.1 Å². The molecule has 0 unspecified atom stereocenters. The lowest BCUT2D eigenvalue weighted by atomic mass is 10.2. The third-order valence-electron chi connectivity index (χ3n) is 0.863. The van der Waals surface area contributed by atoms with Gasteiger partial charge in [-0.25, -0.2) is 10.5 Å². The normalized spacial score (nSPS) is 9.36. The lowest BCUT2D eigenvalue weighted by molar-refractivity contribution is -0.155. The van der Waals surface area contributed by atoms with Crippen LogP contribution in [0, 0.1) is 5.92 Å². The van der Waals surface area contributed by atoms with Crippen molar-refractivity contribution in [2.75, 3.05) is 6.79 Å². The maximum absolute atomic E-state index is 10.6. The number of amides is 1. The maximum atomic E-state index is 10.6. The van der Waals surface area contributed by atoms with Gasteiger partial charge in [-0.2, -0.15) is 0 Å². The standard InChI is InChI=1S/C6H10NO4/c1-4(2)5(8)10-3-11-6(7)9/h4,7H,3H2,1-2H3. The number of carbonyl (C=O) groups excluding carboxylic acids is 2. The first-order valence-corrected chi connectivity index (χ1v) is 3.09. The van der Waals surface area contributed by atoms with E-state index in [4.69, 9.17) is 5.73 Å². The summed E-state index contributed by atoms with van der Waals surface area (Å²) < 4.78 is 8.46. The lowest BCUT2D eigenvalue weighted by Crippen LogP contribution is -2.15. The van der Waals surface area contributed by atoms with E-state index in [1.165, 1.54) is 0 Å².